The molecule has 132 valence electrons. The molecule has 1 amide bonds. The molecule has 0 aliphatic carbocycles. The molecule has 7 heteroatoms. The molecule has 0 saturated heterocycles. The number of hydrogen-bond acceptors (Lipinski definition) is 3. The summed E-state index contributed by atoms with van der Waals surface area (Å²) < 4.78 is 27.4. The van der Waals surface area contributed by atoms with Gasteiger partial charge in [-0.15, -0.1) is 0 Å². The number of nitrogens with one attached hydrogen (secondary N) is 1. The predicted molar refractivity (Wildman–Crippen MR) is 98.9 cm³/mol. The van der Waals surface area contributed by atoms with Crippen LogP contribution in [-0.4, -0.2) is 25.8 Å². The summed E-state index contributed by atoms with van der Waals surface area (Å²) in [5.41, 5.74) is 3.26. The first kappa shape index (κ1) is 17.8. The second-order valence-electron chi connectivity index (χ2n) is 6.17. The minimum Gasteiger partial charge on any atom is -0.338 e. The number of benzene rings is 2. The Morgan fingerprint density at radius 3 is 2.72 bits per heavy atom. The van der Waals surface area contributed by atoms with Crippen LogP contribution in [0.1, 0.15) is 23.6 Å². The third kappa shape index (κ3) is 4.52. The lowest BCUT2D eigenvalue weighted by atomic mass is 9.99. The zero-order chi connectivity index (χ0) is 18.0. The summed E-state index contributed by atoms with van der Waals surface area (Å²) in [7, 11) is -3.55. The van der Waals surface area contributed by atoms with E-state index in [1.54, 1.807) is 48.2 Å². The SMILES string of the molecule is CC(=O)N1CCc2ccc(NS(=O)(=O)Cc3cccc(Cl)c3)cc2C1. The number of rotatable bonds is 4. The van der Waals surface area contributed by atoms with E-state index in [2.05, 4.69) is 4.72 Å². The average Bonchev–Trinajstić information content (AvgIpc) is 2.53. The van der Waals surface area contributed by atoms with Crippen molar-refractivity contribution >= 4 is 33.2 Å². The lowest BCUT2D eigenvalue weighted by Gasteiger charge is -2.28. The molecule has 0 saturated carbocycles. The van der Waals surface area contributed by atoms with Gasteiger partial charge < -0.3 is 4.90 Å². The van der Waals surface area contributed by atoms with Crippen molar-refractivity contribution in [3.8, 4) is 0 Å². The molecule has 1 heterocycles. The fourth-order valence-corrected chi connectivity index (χ4v) is 4.34. The Balaban J connectivity index is 1.76. The van der Waals surface area contributed by atoms with E-state index in [-0.39, 0.29) is 11.7 Å². The smallest absolute Gasteiger partial charge is 0.236 e. The zero-order valence-corrected chi connectivity index (χ0v) is 15.4. The van der Waals surface area contributed by atoms with Crippen LogP contribution in [0.25, 0.3) is 0 Å². The van der Waals surface area contributed by atoms with Gasteiger partial charge in [-0.2, -0.15) is 0 Å². The van der Waals surface area contributed by atoms with Gasteiger partial charge in [0, 0.05) is 30.7 Å². The van der Waals surface area contributed by atoms with Crippen molar-refractivity contribution in [2.45, 2.75) is 25.6 Å². The molecule has 3 rings (SSSR count). The fourth-order valence-electron chi connectivity index (χ4n) is 2.95. The molecule has 0 aromatic heterocycles. The highest BCUT2D eigenvalue weighted by atomic mass is 35.5. The van der Waals surface area contributed by atoms with Gasteiger partial charge in [0.15, 0.2) is 0 Å². The monoisotopic (exact) mass is 378 g/mol. The van der Waals surface area contributed by atoms with Crippen LogP contribution in [0, 0.1) is 0 Å². The Morgan fingerprint density at radius 1 is 1.20 bits per heavy atom. The van der Waals surface area contributed by atoms with Gasteiger partial charge in [-0.1, -0.05) is 29.8 Å². The first-order chi connectivity index (χ1) is 11.8. The van der Waals surface area contributed by atoms with Gasteiger partial charge >= 0.3 is 0 Å². The quantitative estimate of drug-likeness (QED) is 0.888. The third-order valence-electron chi connectivity index (χ3n) is 4.18. The van der Waals surface area contributed by atoms with Gasteiger partial charge in [0.2, 0.25) is 15.9 Å². The highest BCUT2D eigenvalue weighted by Crippen LogP contribution is 2.24. The molecule has 0 fully saturated rings. The number of hydrogen-bond donors (Lipinski definition) is 1. The van der Waals surface area contributed by atoms with E-state index in [1.165, 1.54) is 0 Å². The molecule has 0 radical (unpaired) electrons. The Kier molecular flexibility index (Phi) is 5.01. The molecule has 25 heavy (non-hydrogen) atoms. The van der Waals surface area contributed by atoms with Crippen LogP contribution in [0.4, 0.5) is 5.69 Å². The summed E-state index contributed by atoms with van der Waals surface area (Å²) in [6.07, 6.45) is 0.782. The zero-order valence-electron chi connectivity index (χ0n) is 13.8. The van der Waals surface area contributed by atoms with Crippen LogP contribution in [0.3, 0.4) is 0 Å². The summed E-state index contributed by atoms with van der Waals surface area (Å²) >= 11 is 5.91. The van der Waals surface area contributed by atoms with E-state index < -0.39 is 10.0 Å². The molecule has 1 aliphatic rings. The van der Waals surface area contributed by atoms with Crippen LogP contribution in [-0.2, 0) is 33.5 Å². The largest absolute Gasteiger partial charge is 0.338 e. The lowest BCUT2D eigenvalue weighted by Crippen LogP contribution is -2.34. The number of fused-ring (bicyclic) bond motifs is 1. The topological polar surface area (TPSA) is 66.5 Å². The van der Waals surface area contributed by atoms with Crippen molar-refractivity contribution in [3.05, 3.63) is 64.2 Å². The molecule has 0 spiro atoms. The summed E-state index contributed by atoms with van der Waals surface area (Å²) in [6, 6.07) is 12.3. The number of amides is 1. The minimum absolute atomic E-state index is 0.0255. The maximum absolute atomic E-state index is 12.4. The van der Waals surface area contributed by atoms with Crippen molar-refractivity contribution in [1.82, 2.24) is 4.90 Å². The lowest BCUT2D eigenvalue weighted by molar-refractivity contribution is -0.129. The second kappa shape index (κ2) is 7.06. The van der Waals surface area contributed by atoms with E-state index in [1.807, 2.05) is 6.07 Å². The number of sulfonamides is 1. The number of halogens is 1. The van der Waals surface area contributed by atoms with E-state index in [0.717, 1.165) is 17.5 Å². The first-order valence-corrected chi connectivity index (χ1v) is 9.98. The molecule has 1 aliphatic heterocycles. The average molecular weight is 379 g/mol. The van der Waals surface area contributed by atoms with Gasteiger partial charge in [0.05, 0.1) is 5.75 Å². The second-order valence-corrected chi connectivity index (χ2v) is 8.32. The Bertz CT molecular complexity index is 912. The maximum atomic E-state index is 12.4. The van der Waals surface area contributed by atoms with Crippen molar-refractivity contribution in [1.29, 1.82) is 0 Å². The summed E-state index contributed by atoms with van der Waals surface area (Å²) in [4.78, 5) is 13.3. The van der Waals surface area contributed by atoms with Crippen molar-refractivity contribution in [3.63, 3.8) is 0 Å². The van der Waals surface area contributed by atoms with Crippen LogP contribution in [0.15, 0.2) is 42.5 Å². The third-order valence-corrected chi connectivity index (χ3v) is 5.68. The molecule has 0 unspecified atom stereocenters. The van der Waals surface area contributed by atoms with Crippen LogP contribution < -0.4 is 4.72 Å². The van der Waals surface area contributed by atoms with Crippen LogP contribution in [0.2, 0.25) is 5.02 Å². The number of carbonyl (C=O) groups is 1. The predicted octanol–water partition coefficient (Wildman–Crippen LogP) is 3.19. The molecule has 2 aromatic rings. The molecule has 0 bridgehead atoms. The van der Waals surface area contributed by atoms with Gasteiger partial charge in [-0.05, 0) is 47.4 Å². The Hall–Kier alpha value is -2.05. The molecule has 0 atom stereocenters. The van der Waals surface area contributed by atoms with Crippen molar-refractivity contribution in [2.75, 3.05) is 11.3 Å². The summed E-state index contributed by atoms with van der Waals surface area (Å²) in [6.45, 7) is 2.75. The van der Waals surface area contributed by atoms with E-state index in [0.29, 0.717) is 29.4 Å². The normalized spacial score (nSPS) is 14.1. The first-order valence-electron chi connectivity index (χ1n) is 7.95. The highest BCUT2D eigenvalue weighted by Gasteiger charge is 2.19. The summed E-state index contributed by atoms with van der Waals surface area (Å²) in [5.74, 6) is -0.123. The van der Waals surface area contributed by atoms with Gasteiger partial charge in [-0.25, -0.2) is 8.42 Å². The van der Waals surface area contributed by atoms with Gasteiger partial charge in [0.25, 0.3) is 0 Å². The standard InChI is InChI=1S/C18H19ClN2O3S/c1-13(22)21-8-7-15-5-6-18(10-16(15)11-21)20-25(23,24)12-14-3-2-4-17(19)9-14/h2-6,9-10,20H,7-8,11-12H2,1H3. The Labute approximate surface area is 152 Å². The fraction of sp³-hybridized carbons (Fsp3) is 0.278. The van der Waals surface area contributed by atoms with Crippen LogP contribution in [0.5, 0.6) is 0 Å². The van der Waals surface area contributed by atoms with Crippen molar-refractivity contribution in [2.24, 2.45) is 0 Å². The highest BCUT2D eigenvalue weighted by molar-refractivity contribution is 7.91. The molecule has 2 aromatic carbocycles. The van der Waals surface area contributed by atoms with Gasteiger partial charge in [0.1, 0.15) is 0 Å². The van der Waals surface area contributed by atoms with Crippen molar-refractivity contribution < 1.29 is 13.2 Å². The van der Waals surface area contributed by atoms with Gasteiger partial charge in [-0.3, -0.25) is 9.52 Å². The number of carbonyl (C=O) groups excluding carboxylic acids is 1. The van der Waals surface area contributed by atoms with Crippen LogP contribution >= 0.6 is 11.6 Å². The number of anilines is 1. The molecule has 1 N–H and O–H groups in total. The summed E-state index contributed by atoms with van der Waals surface area (Å²) in [5, 5.41) is 0.505. The molecular weight excluding hydrogens is 360 g/mol. The van der Waals surface area contributed by atoms with E-state index >= 15 is 0 Å². The maximum Gasteiger partial charge on any atom is 0.236 e. The molecule has 5 nitrogen and oxygen atoms in total. The van der Waals surface area contributed by atoms with E-state index in [9.17, 15) is 13.2 Å². The number of nitrogens with zero attached hydrogens (tertiary/aromatic N) is 1. The minimum atomic E-state index is -3.55. The Morgan fingerprint density at radius 2 is 2.00 bits per heavy atom. The molecular formula is C18H19ClN2O3S. The van der Waals surface area contributed by atoms with E-state index in [4.69, 9.17) is 11.6 Å².